The maximum absolute atomic E-state index is 11.8. The van der Waals surface area contributed by atoms with Crippen molar-refractivity contribution in [3.8, 4) is 0 Å². The van der Waals surface area contributed by atoms with Gasteiger partial charge in [0.25, 0.3) is 0 Å². The molecule has 4 rings (SSSR count). The predicted octanol–water partition coefficient (Wildman–Crippen LogP) is 1.66. The van der Waals surface area contributed by atoms with Crippen LogP contribution in [0, 0.1) is 0 Å². The van der Waals surface area contributed by atoms with E-state index in [-0.39, 0.29) is 11.9 Å². The molecule has 2 aromatic rings. The molecule has 1 saturated heterocycles. The molecule has 1 amide bonds. The fraction of sp³-hybridized carbons (Fsp3) is 0.625. The number of aryl methyl sites for hydroxylation is 1. The summed E-state index contributed by atoms with van der Waals surface area (Å²) >= 11 is 0. The number of hydrogen-bond acceptors (Lipinski definition) is 5. The number of rotatable bonds is 4. The predicted molar refractivity (Wildman–Crippen MR) is 87.2 cm³/mol. The van der Waals surface area contributed by atoms with Crippen LogP contribution in [0.2, 0.25) is 0 Å². The summed E-state index contributed by atoms with van der Waals surface area (Å²) in [5.74, 6) is 2.69. The number of carbonyl (C=O) groups is 1. The molecule has 2 aliphatic rings. The molecular formula is C16H22N6O. The summed E-state index contributed by atoms with van der Waals surface area (Å²) in [4.78, 5) is 27.3. The van der Waals surface area contributed by atoms with Crippen molar-refractivity contribution in [3.63, 3.8) is 0 Å². The third kappa shape index (κ3) is 2.54. The lowest BCUT2D eigenvalue weighted by Crippen LogP contribution is -2.31. The zero-order valence-corrected chi connectivity index (χ0v) is 13.6. The Morgan fingerprint density at radius 3 is 2.91 bits per heavy atom. The summed E-state index contributed by atoms with van der Waals surface area (Å²) in [5, 5.41) is 3.47. The Hall–Kier alpha value is -2.18. The summed E-state index contributed by atoms with van der Waals surface area (Å²) in [6.07, 6.45) is 5.52. The van der Waals surface area contributed by atoms with Crippen molar-refractivity contribution < 1.29 is 4.79 Å². The van der Waals surface area contributed by atoms with Crippen molar-refractivity contribution in [2.24, 2.45) is 7.05 Å². The highest BCUT2D eigenvalue weighted by Crippen LogP contribution is 2.40. The number of aromatic nitrogens is 4. The van der Waals surface area contributed by atoms with Gasteiger partial charge < -0.3 is 14.8 Å². The van der Waals surface area contributed by atoms with E-state index in [0.29, 0.717) is 12.3 Å². The number of nitrogens with zero attached hydrogens (tertiary/aromatic N) is 5. The van der Waals surface area contributed by atoms with E-state index in [4.69, 9.17) is 4.98 Å². The Morgan fingerprint density at radius 2 is 2.17 bits per heavy atom. The van der Waals surface area contributed by atoms with Crippen LogP contribution in [0.3, 0.4) is 0 Å². The van der Waals surface area contributed by atoms with Crippen LogP contribution in [0.4, 0.5) is 5.82 Å². The largest absolute Gasteiger partial charge is 0.364 e. The van der Waals surface area contributed by atoms with Crippen molar-refractivity contribution in [1.82, 2.24) is 24.4 Å². The van der Waals surface area contributed by atoms with Gasteiger partial charge in [-0.3, -0.25) is 4.79 Å². The van der Waals surface area contributed by atoms with E-state index in [1.807, 2.05) is 18.9 Å². The van der Waals surface area contributed by atoms with Crippen molar-refractivity contribution in [3.05, 3.63) is 12.2 Å². The highest BCUT2D eigenvalue weighted by atomic mass is 16.2. The molecule has 1 aliphatic heterocycles. The molecule has 0 spiro atoms. The van der Waals surface area contributed by atoms with E-state index in [1.54, 1.807) is 6.33 Å². The molecule has 0 radical (unpaired) electrons. The van der Waals surface area contributed by atoms with E-state index >= 15 is 0 Å². The normalized spacial score (nSPS) is 21.1. The van der Waals surface area contributed by atoms with Gasteiger partial charge in [-0.05, 0) is 19.3 Å². The second-order valence-electron chi connectivity index (χ2n) is 6.52. The molecule has 2 aromatic heterocycles. The highest BCUT2D eigenvalue weighted by molar-refractivity contribution is 5.83. The van der Waals surface area contributed by atoms with Gasteiger partial charge in [0.15, 0.2) is 17.0 Å². The van der Waals surface area contributed by atoms with E-state index < -0.39 is 0 Å². The van der Waals surface area contributed by atoms with Crippen molar-refractivity contribution in [1.29, 1.82) is 0 Å². The Balaban J connectivity index is 1.57. The lowest BCUT2D eigenvalue weighted by molar-refractivity contribution is -0.129. The number of anilines is 1. The molecule has 1 N–H and O–H groups in total. The average molecular weight is 314 g/mol. The van der Waals surface area contributed by atoms with Crippen LogP contribution in [0.25, 0.3) is 11.2 Å². The molecule has 1 saturated carbocycles. The van der Waals surface area contributed by atoms with Crippen LogP contribution in [-0.4, -0.2) is 49.5 Å². The number of imidazole rings is 1. The summed E-state index contributed by atoms with van der Waals surface area (Å²) in [5.41, 5.74) is 1.72. The second kappa shape index (κ2) is 5.47. The Morgan fingerprint density at radius 1 is 1.35 bits per heavy atom. The Bertz CT molecular complexity index is 750. The molecule has 7 nitrogen and oxygen atoms in total. The van der Waals surface area contributed by atoms with Gasteiger partial charge in [-0.1, -0.05) is 6.92 Å². The Kier molecular flexibility index (Phi) is 3.43. The highest BCUT2D eigenvalue weighted by Gasteiger charge is 2.30. The fourth-order valence-corrected chi connectivity index (χ4v) is 3.35. The molecule has 2 fully saturated rings. The molecule has 0 unspecified atom stereocenters. The van der Waals surface area contributed by atoms with Crippen LogP contribution in [0.5, 0.6) is 0 Å². The quantitative estimate of drug-likeness (QED) is 0.929. The van der Waals surface area contributed by atoms with Crippen molar-refractivity contribution in [2.75, 3.05) is 18.4 Å². The van der Waals surface area contributed by atoms with Crippen molar-refractivity contribution >= 4 is 22.9 Å². The van der Waals surface area contributed by atoms with Gasteiger partial charge in [0.1, 0.15) is 12.2 Å². The van der Waals surface area contributed by atoms with E-state index in [2.05, 4.69) is 19.9 Å². The molecule has 3 heterocycles. The van der Waals surface area contributed by atoms with Crippen LogP contribution in [0.15, 0.2) is 6.33 Å². The summed E-state index contributed by atoms with van der Waals surface area (Å²) in [6.45, 7) is 3.46. The third-order valence-corrected chi connectivity index (χ3v) is 4.82. The number of carbonyl (C=O) groups excluding carboxylic acids is 1. The van der Waals surface area contributed by atoms with Gasteiger partial charge in [0, 0.05) is 38.5 Å². The molecular weight excluding hydrogens is 292 g/mol. The molecule has 0 aromatic carbocycles. The average Bonchev–Trinajstić information content (AvgIpc) is 3.21. The minimum atomic E-state index is 0.219. The van der Waals surface area contributed by atoms with Crippen molar-refractivity contribution in [2.45, 2.75) is 44.6 Å². The van der Waals surface area contributed by atoms with Crippen LogP contribution < -0.4 is 5.32 Å². The van der Waals surface area contributed by atoms with E-state index in [1.165, 1.54) is 12.8 Å². The standard InChI is InChI=1S/C16H22N6O/c1-3-12(23)22-7-6-11(8-22)19-14-13-16(18-9-17-14)21(2)15(20-13)10-4-5-10/h9-11H,3-8H2,1-2H3,(H,17,18,19)/t11-/m0/s1. The van der Waals surface area contributed by atoms with Gasteiger partial charge in [0.2, 0.25) is 5.91 Å². The minimum absolute atomic E-state index is 0.219. The number of amides is 1. The molecule has 23 heavy (non-hydrogen) atoms. The summed E-state index contributed by atoms with van der Waals surface area (Å²) < 4.78 is 2.08. The van der Waals surface area contributed by atoms with Gasteiger partial charge in [-0.25, -0.2) is 15.0 Å². The molecule has 0 bridgehead atoms. The fourth-order valence-electron chi connectivity index (χ4n) is 3.35. The first-order valence-corrected chi connectivity index (χ1v) is 8.39. The third-order valence-electron chi connectivity index (χ3n) is 4.82. The maximum atomic E-state index is 11.8. The first-order valence-electron chi connectivity index (χ1n) is 8.39. The number of hydrogen-bond donors (Lipinski definition) is 1. The summed E-state index contributed by atoms with van der Waals surface area (Å²) in [7, 11) is 2.02. The lowest BCUT2D eigenvalue weighted by Gasteiger charge is -2.16. The maximum Gasteiger partial charge on any atom is 0.222 e. The van der Waals surface area contributed by atoms with Gasteiger partial charge >= 0.3 is 0 Å². The Labute approximate surface area is 135 Å². The molecule has 122 valence electrons. The van der Waals surface area contributed by atoms with Crippen LogP contribution in [0.1, 0.15) is 44.3 Å². The van der Waals surface area contributed by atoms with Crippen LogP contribution in [-0.2, 0) is 11.8 Å². The molecule has 1 atom stereocenters. The summed E-state index contributed by atoms with van der Waals surface area (Å²) in [6, 6.07) is 0.231. The SMILES string of the molecule is CCC(=O)N1CC[C@H](Nc2ncnc3c2nc(C2CC2)n3C)C1. The molecule has 1 aliphatic carbocycles. The zero-order chi connectivity index (χ0) is 16.0. The first kappa shape index (κ1) is 14.4. The topological polar surface area (TPSA) is 75.9 Å². The van der Waals surface area contributed by atoms with Gasteiger partial charge in [-0.2, -0.15) is 0 Å². The minimum Gasteiger partial charge on any atom is -0.364 e. The number of likely N-dealkylation sites (tertiary alicyclic amines) is 1. The monoisotopic (exact) mass is 314 g/mol. The first-order chi connectivity index (χ1) is 11.2. The van der Waals surface area contributed by atoms with E-state index in [0.717, 1.165) is 42.3 Å². The smallest absolute Gasteiger partial charge is 0.222 e. The second-order valence-corrected chi connectivity index (χ2v) is 6.52. The molecule has 7 heteroatoms. The van der Waals surface area contributed by atoms with Gasteiger partial charge in [-0.15, -0.1) is 0 Å². The number of fused-ring (bicyclic) bond motifs is 1. The van der Waals surface area contributed by atoms with Gasteiger partial charge in [0.05, 0.1) is 0 Å². The zero-order valence-electron chi connectivity index (χ0n) is 13.6. The van der Waals surface area contributed by atoms with Crippen LogP contribution >= 0.6 is 0 Å². The number of nitrogens with one attached hydrogen (secondary N) is 1. The lowest BCUT2D eigenvalue weighted by atomic mass is 10.2. The van der Waals surface area contributed by atoms with E-state index in [9.17, 15) is 4.79 Å².